The number of sulfonamides is 1. The Morgan fingerprint density at radius 3 is 2.85 bits per heavy atom. The van der Waals surface area contributed by atoms with Gasteiger partial charge in [-0.1, -0.05) is 16.8 Å². The lowest BCUT2D eigenvalue weighted by Gasteiger charge is -2.04. The number of hydrogen-bond donors (Lipinski definition) is 1. The Morgan fingerprint density at radius 2 is 2.20 bits per heavy atom. The highest BCUT2D eigenvalue weighted by Gasteiger charge is 2.27. The number of aryl methyl sites for hydroxylation is 1. The molecule has 0 unspecified atom stereocenters. The molecule has 0 saturated carbocycles. The summed E-state index contributed by atoms with van der Waals surface area (Å²) in [6.45, 7) is 3.43. The fourth-order valence-electron chi connectivity index (χ4n) is 1.66. The van der Waals surface area contributed by atoms with Crippen LogP contribution < -0.4 is 4.72 Å². The number of thiazole rings is 1. The molecule has 0 fully saturated rings. The first kappa shape index (κ1) is 13.4. The second kappa shape index (κ2) is 4.47. The van der Waals surface area contributed by atoms with Gasteiger partial charge in [0.1, 0.15) is 0 Å². The highest BCUT2D eigenvalue weighted by molar-refractivity contribution is 7.92. The molecule has 1 N–H and O–H groups in total. The van der Waals surface area contributed by atoms with Crippen molar-refractivity contribution in [3.63, 3.8) is 0 Å². The van der Waals surface area contributed by atoms with Crippen LogP contribution in [-0.2, 0) is 10.0 Å². The SMILES string of the molecule is Cc1noc(NS(=O)(=O)c2c(Cl)nc3sccn23)c1C. The Hall–Kier alpha value is -1.58. The monoisotopic (exact) mass is 332 g/mol. The highest BCUT2D eigenvalue weighted by Crippen LogP contribution is 2.28. The van der Waals surface area contributed by atoms with E-state index in [2.05, 4.69) is 14.9 Å². The minimum Gasteiger partial charge on any atom is -0.337 e. The molecule has 0 amide bonds. The first-order chi connectivity index (χ1) is 9.40. The van der Waals surface area contributed by atoms with Crippen LogP contribution in [0.25, 0.3) is 4.96 Å². The van der Waals surface area contributed by atoms with Crippen molar-refractivity contribution < 1.29 is 12.9 Å². The lowest BCUT2D eigenvalue weighted by atomic mass is 10.3. The molecule has 0 aliphatic carbocycles. The normalized spacial score (nSPS) is 12.2. The summed E-state index contributed by atoms with van der Waals surface area (Å²) in [5.74, 6) is 0.0729. The summed E-state index contributed by atoms with van der Waals surface area (Å²) in [6, 6.07) is 0. The van der Waals surface area contributed by atoms with Gasteiger partial charge < -0.3 is 4.52 Å². The third-order valence-electron chi connectivity index (χ3n) is 2.82. The smallest absolute Gasteiger partial charge is 0.283 e. The summed E-state index contributed by atoms with van der Waals surface area (Å²) in [5, 5.41) is 5.22. The summed E-state index contributed by atoms with van der Waals surface area (Å²) in [6.07, 6.45) is 1.59. The maximum Gasteiger partial charge on any atom is 0.283 e. The van der Waals surface area contributed by atoms with E-state index in [1.54, 1.807) is 25.4 Å². The van der Waals surface area contributed by atoms with Crippen LogP contribution in [0, 0.1) is 13.8 Å². The zero-order valence-corrected chi connectivity index (χ0v) is 12.8. The largest absolute Gasteiger partial charge is 0.337 e. The summed E-state index contributed by atoms with van der Waals surface area (Å²) in [4.78, 5) is 4.49. The molecule has 0 aliphatic rings. The number of imidazole rings is 1. The van der Waals surface area contributed by atoms with E-state index in [0.29, 0.717) is 16.2 Å². The van der Waals surface area contributed by atoms with Crippen molar-refractivity contribution in [2.45, 2.75) is 18.9 Å². The molecule has 0 atom stereocenters. The van der Waals surface area contributed by atoms with Gasteiger partial charge in [-0.25, -0.2) is 9.71 Å². The van der Waals surface area contributed by atoms with Crippen molar-refractivity contribution in [1.29, 1.82) is 0 Å². The first-order valence-electron chi connectivity index (χ1n) is 5.47. The van der Waals surface area contributed by atoms with Gasteiger partial charge in [0.2, 0.25) is 5.88 Å². The highest BCUT2D eigenvalue weighted by atomic mass is 35.5. The van der Waals surface area contributed by atoms with Gasteiger partial charge in [-0.2, -0.15) is 8.42 Å². The zero-order valence-electron chi connectivity index (χ0n) is 10.4. The third kappa shape index (κ3) is 1.98. The Kier molecular flexibility index (Phi) is 3.00. The van der Waals surface area contributed by atoms with Gasteiger partial charge in [0.25, 0.3) is 10.0 Å². The molecule has 3 aromatic heterocycles. The molecule has 0 aliphatic heterocycles. The standard InChI is InChI=1S/C10H9ClN4O3S2/c1-5-6(2)13-18-8(5)14-20(16,17)9-7(11)12-10-15(9)3-4-19-10/h3-4,14H,1-2H3. The van der Waals surface area contributed by atoms with E-state index in [1.165, 1.54) is 15.7 Å². The van der Waals surface area contributed by atoms with Crippen molar-refractivity contribution in [2.24, 2.45) is 0 Å². The molecule has 20 heavy (non-hydrogen) atoms. The number of rotatable bonds is 3. The summed E-state index contributed by atoms with van der Waals surface area (Å²) >= 11 is 7.21. The number of aromatic nitrogens is 3. The molecule has 0 spiro atoms. The van der Waals surface area contributed by atoms with Gasteiger partial charge in [-0.3, -0.25) is 4.40 Å². The first-order valence-corrected chi connectivity index (χ1v) is 8.21. The number of anilines is 1. The molecular weight excluding hydrogens is 324 g/mol. The van der Waals surface area contributed by atoms with Gasteiger partial charge >= 0.3 is 0 Å². The van der Waals surface area contributed by atoms with Crippen molar-refractivity contribution >= 4 is 43.8 Å². The number of nitrogens with zero attached hydrogens (tertiary/aromatic N) is 3. The van der Waals surface area contributed by atoms with E-state index in [9.17, 15) is 8.42 Å². The lowest BCUT2D eigenvalue weighted by molar-refractivity contribution is 0.430. The molecule has 0 aromatic carbocycles. The fraction of sp³-hybridized carbons (Fsp3) is 0.200. The van der Waals surface area contributed by atoms with E-state index in [1.807, 2.05) is 0 Å². The van der Waals surface area contributed by atoms with Crippen molar-refractivity contribution in [1.82, 2.24) is 14.5 Å². The molecule has 0 radical (unpaired) electrons. The molecule has 3 rings (SSSR count). The van der Waals surface area contributed by atoms with Crippen LogP contribution in [-0.4, -0.2) is 23.0 Å². The molecule has 10 heteroatoms. The van der Waals surface area contributed by atoms with Crippen molar-refractivity contribution in [3.8, 4) is 0 Å². The maximum absolute atomic E-state index is 12.4. The van der Waals surface area contributed by atoms with E-state index >= 15 is 0 Å². The Morgan fingerprint density at radius 1 is 1.45 bits per heavy atom. The average molecular weight is 333 g/mol. The van der Waals surface area contributed by atoms with Gasteiger partial charge in [0.15, 0.2) is 15.1 Å². The molecular formula is C10H9ClN4O3S2. The number of nitrogens with one attached hydrogen (secondary N) is 1. The third-order valence-corrected chi connectivity index (χ3v) is 5.30. The van der Waals surface area contributed by atoms with Crippen LogP contribution in [0.15, 0.2) is 21.1 Å². The minimum absolute atomic E-state index is 0.0729. The molecule has 3 aromatic rings. The van der Waals surface area contributed by atoms with Crippen LogP contribution in [0.5, 0.6) is 0 Å². The van der Waals surface area contributed by atoms with E-state index in [4.69, 9.17) is 16.1 Å². The molecule has 0 bridgehead atoms. The van der Waals surface area contributed by atoms with E-state index < -0.39 is 10.0 Å². The predicted octanol–water partition coefficient (Wildman–Crippen LogP) is 2.45. The number of halogens is 1. The maximum atomic E-state index is 12.4. The number of hydrogen-bond acceptors (Lipinski definition) is 6. The van der Waals surface area contributed by atoms with Crippen molar-refractivity contribution in [2.75, 3.05) is 4.72 Å². The van der Waals surface area contributed by atoms with Crippen LogP contribution >= 0.6 is 22.9 Å². The second-order valence-corrected chi connectivity index (χ2v) is 6.92. The van der Waals surface area contributed by atoms with Crippen LogP contribution in [0.1, 0.15) is 11.3 Å². The minimum atomic E-state index is -3.91. The second-order valence-electron chi connectivity index (χ2n) is 4.09. The molecule has 0 saturated heterocycles. The molecule has 106 valence electrons. The van der Waals surface area contributed by atoms with Gasteiger partial charge in [-0.05, 0) is 13.8 Å². The lowest BCUT2D eigenvalue weighted by Crippen LogP contribution is -2.15. The topological polar surface area (TPSA) is 89.5 Å². The fourth-order valence-corrected chi connectivity index (χ4v) is 4.16. The summed E-state index contributed by atoms with van der Waals surface area (Å²) < 4.78 is 33.5. The Bertz CT molecular complexity index is 893. The average Bonchev–Trinajstić information content (AvgIpc) is 2.99. The van der Waals surface area contributed by atoms with Crippen LogP contribution in [0.2, 0.25) is 5.15 Å². The van der Waals surface area contributed by atoms with E-state index in [0.717, 1.165) is 0 Å². The summed E-state index contributed by atoms with van der Waals surface area (Å²) in [5.41, 5.74) is 1.23. The van der Waals surface area contributed by atoms with E-state index in [-0.39, 0.29) is 16.1 Å². The van der Waals surface area contributed by atoms with Gasteiger partial charge in [0.05, 0.1) is 5.69 Å². The Labute approximate surface area is 123 Å². The quantitative estimate of drug-likeness (QED) is 0.795. The number of fused-ring (bicyclic) bond motifs is 1. The van der Waals surface area contributed by atoms with Crippen LogP contribution in [0.4, 0.5) is 5.88 Å². The van der Waals surface area contributed by atoms with Crippen LogP contribution in [0.3, 0.4) is 0 Å². The molecule has 3 heterocycles. The van der Waals surface area contributed by atoms with Gasteiger partial charge in [-0.15, -0.1) is 11.3 Å². The van der Waals surface area contributed by atoms with Crippen molar-refractivity contribution in [3.05, 3.63) is 28.0 Å². The summed E-state index contributed by atoms with van der Waals surface area (Å²) in [7, 11) is -3.91. The Balaban J connectivity index is 2.10. The zero-order chi connectivity index (χ0) is 14.5. The van der Waals surface area contributed by atoms with Gasteiger partial charge in [0, 0.05) is 17.1 Å². The molecule has 7 nitrogen and oxygen atoms in total. The predicted molar refractivity (Wildman–Crippen MR) is 74.9 cm³/mol.